The maximum Gasteiger partial charge on any atom is 0.209 e. The number of hydrogen-bond donors (Lipinski definition) is 0. The summed E-state index contributed by atoms with van der Waals surface area (Å²) in [5, 5.41) is 23.8. The first-order valence-electron chi connectivity index (χ1n) is 7.52. The van der Waals surface area contributed by atoms with Crippen molar-refractivity contribution < 1.29 is 9.53 Å². The first-order chi connectivity index (χ1) is 11.7. The van der Waals surface area contributed by atoms with E-state index in [0.29, 0.717) is 16.7 Å². The topological polar surface area (TPSA) is 107 Å². The van der Waals surface area contributed by atoms with Crippen molar-refractivity contribution in [3.63, 3.8) is 0 Å². The number of hydrogen-bond acceptors (Lipinski definition) is 9. The second-order valence-corrected chi connectivity index (χ2v) is 7.26. The predicted octanol–water partition coefficient (Wildman–Crippen LogP) is 1.59. The Morgan fingerprint density at radius 2 is 2.54 bits per heavy atom. The molecule has 8 nitrogen and oxygen atoms in total. The van der Waals surface area contributed by atoms with Crippen molar-refractivity contribution in [2.75, 3.05) is 12.4 Å². The Bertz CT molecular complexity index is 747. The molecule has 0 spiro atoms. The molecule has 2 unspecified atom stereocenters. The van der Waals surface area contributed by atoms with Gasteiger partial charge in [0.15, 0.2) is 11.7 Å². The van der Waals surface area contributed by atoms with Crippen LogP contribution >= 0.6 is 23.1 Å². The highest BCUT2D eigenvalue weighted by Gasteiger charge is 2.25. The van der Waals surface area contributed by atoms with Crippen LogP contribution in [-0.2, 0) is 16.1 Å². The molecule has 1 saturated heterocycles. The Hall–Kier alpha value is -1.83. The fraction of sp³-hybridized carbons (Fsp3) is 0.571. The van der Waals surface area contributed by atoms with Crippen LogP contribution in [0.15, 0.2) is 10.5 Å². The lowest BCUT2D eigenvalue weighted by atomic mass is 10.1. The van der Waals surface area contributed by atoms with E-state index in [1.54, 1.807) is 4.68 Å². The highest BCUT2D eigenvalue weighted by molar-refractivity contribution is 7.99. The summed E-state index contributed by atoms with van der Waals surface area (Å²) < 4.78 is 7.24. The van der Waals surface area contributed by atoms with E-state index in [0.717, 1.165) is 25.1 Å². The van der Waals surface area contributed by atoms with Crippen molar-refractivity contribution in [2.45, 2.75) is 43.5 Å². The zero-order valence-corrected chi connectivity index (χ0v) is 14.7. The number of aryl methyl sites for hydroxylation is 1. The van der Waals surface area contributed by atoms with Crippen molar-refractivity contribution in [3.8, 4) is 6.07 Å². The van der Waals surface area contributed by atoms with Crippen LogP contribution in [0.1, 0.15) is 29.5 Å². The van der Waals surface area contributed by atoms with E-state index in [1.807, 2.05) is 18.4 Å². The number of nitriles is 1. The molecule has 0 radical (unpaired) electrons. The van der Waals surface area contributed by atoms with Crippen LogP contribution < -0.4 is 0 Å². The summed E-state index contributed by atoms with van der Waals surface area (Å²) in [5.74, 6) is -0.898. The first kappa shape index (κ1) is 17.0. The minimum absolute atomic E-state index is 0.119. The minimum Gasteiger partial charge on any atom is -0.376 e. The van der Waals surface area contributed by atoms with E-state index in [1.165, 1.54) is 23.1 Å². The molecule has 24 heavy (non-hydrogen) atoms. The molecule has 0 saturated carbocycles. The molecule has 0 amide bonds. The quantitative estimate of drug-likeness (QED) is 0.682. The van der Waals surface area contributed by atoms with Crippen LogP contribution in [0, 0.1) is 18.3 Å². The smallest absolute Gasteiger partial charge is 0.209 e. The molecule has 0 aliphatic carbocycles. The summed E-state index contributed by atoms with van der Waals surface area (Å²) in [6, 6.07) is 2.04. The Morgan fingerprint density at radius 1 is 1.67 bits per heavy atom. The van der Waals surface area contributed by atoms with Gasteiger partial charge in [-0.1, -0.05) is 11.8 Å². The van der Waals surface area contributed by atoms with Gasteiger partial charge in [-0.3, -0.25) is 4.79 Å². The van der Waals surface area contributed by atoms with Crippen LogP contribution in [0.25, 0.3) is 0 Å². The van der Waals surface area contributed by atoms with E-state index in [-0.39, 0.29) is 17.6 Å². The number of thioether (sulfide) groups is 1. The Kier molecular flexibility index (Phi) is 5.55. The molecule has 10 heteroatoms. The van der Waals surface area contributed by atoms with E-state index >= 15 is 0 Å². The van der Waals surface area contributed by atoms with Gasteiger partial charge in [-0.25, -0.2) is 9.67 Å². The van der Waals surface area contributed by atoms with Crippen LogP contribution in [0.4, 0.5) is 0 Å². The van der Waals surface area contributed by atoms with E-state index in [2.05, 4.69) is 20.5 Å². The largest absolute Gasteiger partial charge is 0.376 e. The molecule has 126 valence electrons. The molecule has 2 atom stereocenters. The summed E-state index contributed by atoms with van der Waals surface area (Å²) in [7, 11) is 0. The predicted molar refractivity (Wildman–Crippen MR) is 87.7 cm³/mol. The summed E-state index contributed by atoms with van der Waals surface area (Å²) in [4.78, 5) is 16.6. The normalized spacial score (nSPS) is 18.4. The molecule has 1 fully saturated rings. The highest BCUT2D eigenvalue weighted by atomic mass is 32.2. The molecule has 0 N–H and O–H groups in total. The monoisotopic (exact) mass is 364 g/mol. The summed E-state index contributed by atoms with van der Waals surface area (Å²) in [5.41, 5.74) is 0.816. The van der Waals surface area contributed by atoms with Gasteiger partial charge in [-0.2, -0.15) is 5.26 Å². The average molecular weight is 364 g/mol. The van der Waals surface area contributed by atoms with Gasteiger partial charge in [-0.15, -0.1) is 16.4 Å². The third-order valence-electron chi connectivity index (χ3n) is 3.58. The lowest BCUT2D eigenvalue weighted by molar-refractivity contribution is -0.116. The van der Waals surface area contributed by atoms with Crippen molar-refractivity contribution >= 4 is 28.9 Å². The van der Waals surface area contributed by atoms with Gasteiger partial charge in [0.2, 0.25) is 5.16 Å². The number of thiazole rings is 1. The zero-order valence-electron chi connectivity index (χ0n) is 13.1. The van der Waals surface area contributed by atoms with Crippen molar-refractivity contribution in [2.24, 2.45) is 0 Å². The van der Waals surface area contributed by atoms with Crippen LogP contribution in [0.3, 0.4) is 0 Å². The van der Waals surface area contributed by atoms with Crippen LogP contribution in [0.5, 0.6) is 0 Å². The second-order valence-electron chi connectivity index (χ2n) is 5.42. The van der Waals surface area contributed by atoms with Gasteiger partial charge in [0.1, 0.15) is 5.01 Å². The maximum absolute atomic E-state index is 12.4. The summed E-state index contributed by atoms with van der Waals surface area (Å²) >= 11 is 2.57. The molecule has 0 bridgehead atoms. The van der Waals surface area contributed by atoms with Crippen molar-refractivity contribution in [3.05, 3.63) is 16.1 Å². The maximum atomic E-state index is 12.4. The number of rotatable bonds is 7. The molecule has 0 aromatic carbocycles. The van der Waals surface area contributed by atoms with Crippen LogP contribution in [-0.4, -0.2) is 49.4 Å². The first-order valence-corrected chi connectivity index (χ1v) is 9.39. The average Bonchev–Trinajstić information content (AvgIpc) is 3.30. The van der Waals surface area contributed by atoms with E-state index < -0.39 is 5.92 Å². The molecule has 2 aromatic rings. The van der Waals surface area contributed by atoms with Gasteiger partial charge < -0.3 is 4.74 Å². The fourth-order valence-corrected chi connectivity index (χ4v) is 4.04. The number of ether oxygens (including phenoxy) is 1. The number of carbonyl (C=O) groups excluding carboxylic acids is 1. The van der Waals surface area contributed by atoms with Gasteiger partial charge in [0.05, 0.1) is 24.5 Å². The number of carbonyl (C=O) groups is 1. The van der Waals surface area contributed by atoms with Crippen LogP contribution in [0.2, 0.25) is 0 Å². The summed E-state index contributed by atoms with van der Waals surface area (Å²) in [6.07, 6.45) is 2.15. The van der Waals surface area contributed by atoms with E-state index in [9.17, 15) is 10.1 Å². The molecule has 3 rings (SSSR count). The molecule has 2 aromatic heterocycles. The molecule has 1 aliphatic heterocycles. The number of tetrazole rings is 1. The van der Waals surface area contributed by atoms with Gasteiger partial charge >= 0.3 is 0 Å². The zero-order chi connectivity index (χ0) is 16.9. The number of Topliss-reactive ketones (excluding diaryl/α,β-unsaturated/α-hetero) is 1. The van der Waals surface area contributed by atoms with E-state index in [4.69, 9.17) is 4.74 Å². The second kappa shape index (κ2) is 7.83. The Morgan fingerprint density at radius 3 is 3.21 bits per heavy atom. The third-order valence-corrected chi connectivity index (χ3v) is 5.58. The lowest BCUT2D eigenvalue weighted by Crippen LogP contribution is -2.18. The van der Waals surface area contributed by atoms with Crippen molar-refractivity contribution in [1.82, 2.24) is 25.2 Å². The SMILES string of the molecule is Cc1csc(C(C#N)C(=O)CSc2nnnn2CC2CCCO2)n1. The highest BCUT2D eigenvalue weighted by Crippen LogP contribution is 2.24. The Labute approximate surface area is 147 Å². The third kappa shape index (κ3) is 3.98. The fourth-order valence-electron chi connectivity index (χ4n) is 2.38. The minimum atomic E-state index is -0.835. The van der Waals surface area contributed by atoms with Gasteiger partial charge in [0, 0.05) is 17.7 Å². The molecule has 1 aliphatic rings. The standard InChI is InChI=1S/C14H16N6O2S2/c1-9-7-23-13(16-9)11(5-15)12(21)8-24-14-17-18-19-20(14)6-10-3-2-4-22-10/h7,10-11H,2-4,6,8H2,1H3. The number of nitrogens with zero attached hydrogens (tertiary/aromatic N) is 6. The Balaban J connectivity index is 1.60. The van der Waals surface area contributed by atoms with Gasteiger partial charge in [-0.05, 0) is 30.2 Å². The lowest BCUT2D eigenvalue weighted by Gasteiger charge is -2.10. The number of aromatic nitrogens is 5. The van der Waals surface area contributed by atoms with Gasteiger partial charge in [0.25, 0.3) is 0 Å². The molecular weight excluding hydrogens is 348 g/mol. The summed E-state index contributed by atoms with van der Waals surface area (Å²) in [6.45, 7) is 3.19. The van der Waals surface area contributed by atoms with Crippen molar-refractivity contribution in [1.29, 1.82) is 5.26 Å². The number of ketones is 1. The molecular formula is C14H16N6O2S2. The molecule has 3 heterocycles.